The van der Waals surface area contributed by atoms with Crippen molar-refractivity contribution in [2.75, 3.05) is 20.1 Å². The highest BCUT2D eigenvalue weighted by molar-refractivity contribution is 5.73. The van der Waals surface area contributed by atoms with Crippen molar-refractivity contribution in [3.8, 4) is 0 Å². The Morgan fingerprint density at radius 1 is 1.33 bits per heavy atom. The number of rotatable bonds is 7. The molecular formula is C11H24N2O2. The monoisotopic (exact) mass is 216 g/mol. The standard InChI is InChI=1S/C11H24N2O2/c1-8(2)10(11(14)15)12-6-7-13(5)9(3)4/h8-10,12H,6-7H2,1-5H3,(H,14,15). The van der Waals surface area contributed by atoms with E-state index in [4.69, 9.17) is 5.11 Å². The van der Waals surface area contributed by atoms with Gasteiger partial charge in [-0.25, -0.2) is 0 Å². The first kappa shape index (κ1) is 14.4. The van der Waals surface area contributed by atoms with Gasteiger partial charge >= 0.3 is 5.97 Å². The van der Waals surface area contributed by atoms with Crippen molar-refractivity contribution in [3.63, 3.8) is 0 Å². The van der Waals surface area contributed by atoms with Crippen LogP contribution in [-0.2, 0) is 4.79 Å². The number of hydrogen-bond donors (Lipinski definition) is 2. The van der Waals surface area contributed by atoms with E-state index in [9.17, 15) is 4.79 Å². The van der Waals surface area contributed by atoms with Crippen LogP contribution < -0.4 is 5.32 Å². The predicted molar refractivity (Wildman–Crippen MR) is 62.0 cm³/mol. The van der Waals surface area contributed by atoms with Gasteiger partial charge in [0, 0.05) is 19.1 Å². The second kappa shape index (κ2) is 6.80. The van der Waals surface area contributed by atoms with Gasteiger partial charge in [0.05, 0.1) is 0 Å². The minimum Gasteiger partial charge on any atom is -0.480 e. The quantitative estimate of drug-likeness (QED) is 0.667. The summed E-state index contributed by atoms with van der Waals surface area (Å²) in [7, 11) is 2.04. The molecule has 0 aromatic carbocycles. The zero-order chi connectivity index (χ0) is 12.0. The summed E-state index contributed by atoms with van der Waals surface area (Å²) in [6.45, 7) is 9.65. The Bertz CT molecular complexity index is 193. The number of nitrogens with zero attached hydrogens (tertiary/aromatic N) is 1. The highest BCUT2D eigenvalue weighted by Gasteiger charge is 2.20. The largest absolute Gasteiger partial charge is 0.480 e. The van der Waals surface area contributed by atoms with Crippen molar-refractivity contribution >= 4 is 5.97 Å². The lowest BCUT2D eigenvalue weighted by molar-refractivity contribution is -0.140. The second-order valence-electron chi connectivity index (χ2n) is 4.59. The summed E-state index contributed by atoms with van der Waals surface area (Å²) in [5.41, 5.74) is 0. The van der Waals surface area contributed by atoms with Crippen LogP contribution in [0.3, 0.4) is 0 Å². The summed E-state index contributed by atoms with van der Waals surface area (Å²) in [6.07, 6.45) is 0. The van der Waals surface area contributed by atoms with Gasteiger partial charge in [-0.1, -0.05) is 13.8 Å². The van der Waals surface area contributed by atoms with Gasteiger partial charge in [0.1, 0.15) is 6.04 Å². The highest BCUT2D eigenvalue weighted by atomic mass is 16.4. The molecule has 0 spiro atoms. The fourth-order valence-corrected chi connectivity index (χ4v) is 1.26. The van der Waals surface area contributed by atoms with Gasteiger partial charge in [-0.2, -0.15) is 0 Å². The van der Waals surface area contributed by atoms with Gasteiger partial charge in [0.15, 0.2) is 0 Å². The molecule has 0 radical (unpaired) electrons. The smallest absolute Gasteiger partial charge is 0.320 e. The zero-order valence-electron chi connectivity index (χ0n) is 10.4. The fraction of sp³-hybridized carbons (Fsp3) is 0.909. The van der Waals surface area contributed by atoms with E-state index in [1.54, 1.807) is 0 Å². The number of carbonyl (C=O) groups is 1. The average molecular weight is 216 g/mol. The van der Waals surface area contributed by atoms with Gasteiger partial charge in [0.2, 0.25) is 0 Å². The van der Waals surface area contributed by atoms with Crippen molar-refractivity contribution in [1.29, 1.82) is 0 Å². The van der Waals surface area contributed by atoms with Crippen LogP contribution in [0.4, 0.5) is 0 Å². The third-order valence-electron chi connectivity index (χ3n) is 2.64. The molecule has 0 rings (SSSR count). The highest BCUT2D eigenvalue weighted by Crippen LogP contribution is 2.01. The summed E-state index contributed by atoms with van der Waals surface area (Å²) in [6, 6.07) is 0.0553. The Hall–Kier alpha value is -0.610. The third kappa shape index (κ3) is 5.74. The molecule has 0 heterocycles. The van der Waals surface area contributed by atoms with Crippen molar-refractivity contribution in [3.05, 3.63) is 0 Å². The summed E-state index contributed by atoms with van der Waals surface area (Å²) in [4.78, 5) is 13.1. The molecule has 0 aromatic rings. The Labute approximate surface area is 92.7 Å². The first-order chi connectivity index (χ1) is 6.86. The van der Waals surface area contributed by atoms with Crippen molar-refractivity contribution in [1.82, 2.24) is 10.2 Å². The number of carboxylic acids is 1. The molecule has 1 atom stereocenters. The first-order valence-corrected chi connectivity index (χ1v) is 5.52. The summed E-state index contributed by atoms with van der Waals surface area (Å²) in [5, 5.41) is 12.0. The van der Waals surface area contributed by atoms with Crippen molar-refractivity contribution in [2.45, 2.75) is 39.8 Å². The molecule has 1 unspecified atom stereocenters. The van der Waals surface area contributed by atoms with E-state index >= 15 is 0 Å². The van der Waals surface area contributed by atoms with Crippen LogP contribution in [0, 0.1) is 5.92 Å². The molecule has 0 aliphatic carbocycles. The normalized spacial score (nSPS) is 13.9. The Kier molecular flexibility index (Phi) is 6.52. The first-order valence-electron chi connectivity index (χ1n) is 5.52. The molecule has 0 saturated heterocycles. The van der Waals surface area contributed by atoms with Crippen LogP contribution in [0.15, 0.2) is 0 Å². The summed E-state index contributed by atoms with van der Waals surface area (Å²) < 4.78 is 0. The minimum atomic E-state index is -0.766. The van der Waals surface area contributed by atoms with E-state index in [1.165, 1.54) is 0 Å². The molecule has 0 amide bonds. The second-order valence-corrected chi connectivity index (χ2v) is 4.59. The maximum absolute atomic E-state index is 10.9. The molecule has 0 saturated carbocycles. The minimum absolute atomic E-state index is 0.117. The lowest BCUT2D eigenvalue weighted by Gasteiger charge is -2.23. The molecule has 15 heavy (non-hydrogen) atoms. The number of hydrogen-bond acceptors (Lipinski definition) is 3. The molecular weight excluding hydrogens is 192 g/mol. The van der Waals surface area contributed by atoms with Crippen LogP contribution in [0.1, 0.15) is 27.7 Å². The summed E-state index contributed by atoms with van der Waals surface area (Å²) in [5.74, 6) is -0.649. The van der Waals surface area contributed by atoms with E-state index in [0.29, 0.717) is 12.6 Å². The summed E-state index contributed by atoms with van der Waals surface area (Å²) >= 11 is 0. The maximum Gasteiger partial charge on any atom is 0.320 e. The van der Waals surface area contributed by atoms with Crippen molar-refractivity contribution < 1.29 is 9.90 Å². The topological polar surface area (TPSA) is 52.6 Å². The number of aliphatic carboxylic acids is 1. The molecule has 0 aromatic heterocycles. The number of likely N-dealkylation sites (N-methyl/N-ethyl adjacent to an activating group) is 1. The lowest BCUT2D eigenvalue weighted by atomic mass is 10.1. The Morgan fingerprint density at radius 2 is 1.87 bits per heavy atom. The maximum atomic E-state index is 10.9. The van der Waals surface area contributed by atoms with E-state index in [2.05, 4.69) is 24.1 Å². The SMILES string of the molecule is CC(C)C(NCCN(C)C(C)C)C(=O)O. The predicted octanol–water partition coefficient (Wildman–Crippen LogP) is 1.03. The van der Waals surface area contributed by atoms with Gasteiger partial charge in [-0.3, -0.25) is 4.79 Å². The lowest BCUT2D eigenvalue weighted by Crippen LogP contribution is -2.44. The van der Waals surface area contributed by atoms with E-state index in [0.717, 1.165) is 6.54 Å². The van der Waals surface area contributed by atoms with Crippen molar-refractivity contribution in [2.24, 2.45) is 5.92 Å². The van der Waals surface area contributed by atoms with Crippen LogP contribution in [0.25, 0.3) is 0 Å². The third-order valence-corrected chi connectivity index (χ3v) is 2.64. The average Bonchev–Trinajstić information content (AvgIpc) is 2.10. The number of carboxylic acid groups (broad SMARTS) is 1. The van der Waals surface area contributed by atoms with Gasteiger partial charge in [-0.15, -0.1) is 0 Å². The zero-order valence-corrected chi connectivity index (χ0v) is 10.4. The molecule has 0 aliphatic heterocycles. The fourth-order valence-electron chi connectivity index (χ4n) is 1.26. The molecule has 0 aliphatic rings. The Balaban J connectivity index is 3.87. The van der Waals surface area contributed by atoms with Crippen LogP contribution in [-0.4, -0.2) is 48.2 Å². The molecule has 2 N–H and O–H groups in total. The Morgan fingerprint density at radius 3 is 2.20 bits per heavy atom. The van der Waals surface area contributed by atoms with Crippen LogP contribution in [0.2, 0.25) is 0 Å². The van der Waals surface area contributed by atoms with Crippen LogP contribution in [0.5, 0.6) is 0 Å². The molecule has 4 heteroatoms. The van der Waals surface area contributed by atoms with Crippen LogP contribution >= 0.6 is 0 Å². The molecule has 0 bridgehead atoms. The molecule has 4 nitrogen and oxygen atoms in total. The van der Waals surface area contributed by atoms with E-state index < -0.39 is 12.0 Å². The molecule has 90 valence electrons. The number of nitrogens with one attached hydrogen (secondary N) is 1. The van der Waals surface area contributed by atoms with E-state index in [1.807, 2.05) is 20.9 Å². The van der Waals surface area contributed by atoms with E-state index in [-0.39, 0.29) is 5.92 Å². The molecule has 0 fully saturated rings. The van der Waals surface area contributed by atoms with Gasteiger partial charge in [0.25, 0.3) is 0 Å². The van der Waals surface area contributed by atoms with Gasteiger partial charge < -0.3 is 15.3 Å². The van der Waals surface area contributed by atoms with Gasteiger partial charge in [-0.05, 0) is 26.8 Å².